The Morgan fingerprint density at radius 1 is 1.31 bits per heavy atom. The Morgan fingerprint density at radius 2 is 2.04 bits per heavy atom. The summed E-state index contributed by atoms with van der Waals surface area (Å²) in [7, 11) is 0. The summed E-state index contributed by atoms with van der Waals surface area (Å²) in [5.41, 5.74) is 10.1. The molecule has 0 saturated carbocycles. The lowest BCUT2D eigenvalue weighted by Gasteiger charge is -2.13. The first-order valence-corrected chi connectivity index (χ1v) is 7.72. The average molecular weight is 395 g/mol. The van der Waals surface area contributed by atoms with E-state index in [1.807, 2.05) is 54.9 Å². The number of aliphatic hydroxyl groups excluding tert-OH is 1. The summed E-state index contributed by atoms with van der Waals surface area (Å²) in [6, 6.07) is 10.9. The zero-order valence-corrected chi connectivity index (χ0v) is 16.4. The highest BCUT2D eigenvalue weighted by atomic mass is 35.5. The third-order valence-electron chi connectivity index (χ3n) is 3.95. The number of amides is 1. The molecule has 26 heavy (non-hydrogen) atoms. The number of aromatic nitrogens is 2. The van der Waals surface area contributed by atoms with Gasteiger partial charge in [0.05, 0.1) is 24.0 Å². The summed E-state index contributed by atoms with van der Waals surface area (Å²) >= 11 is 0. The van der Waals surface area contributed by atoms with Crippen LogP contribution in [-0.4, -0.2) is 33.4 Å². The van der Waals surface area contributed by atoms with Crippen LogP contribution < -0.4 is 11.1 Å². The van der Waals surface area contributed by atoms with Crippen LogP contribution in [0.15, 0.2) is 42.6 Å². The van der Waals surface area contributed by atoms with Crippen LogP contribution in [0.25, 0.3) is 16.6 Å². The maximum atomic E-state index is 12.0. The van der Waals surface area contributed by atoms with Gasteiger partial charge in [-0.15, -0.1) is 12.4 Å². The Labute approximate surface area is 165 Å². The molecule has 0 fully saturated rings. The van der Waals surface area contributed by atoms with Crippen molar-refractivity contribution in [3.05, 3.63) is 53.7 Å². The van der Waals surface area contributed by atoms with E-state index in [0.29, 0.717) is 5.69 Å². The van der Waals surface area contributed by atoms with Crippen LogP contribution in [-0.2, 0) is 4.79 Å². The maximum absolute atomic E-state index is 12.0. The lowest BCUT2D eigenvalue weighted by molar-refractivity contribution is -0.118. The zero-order chi connectivity index (χ0) is 17.3. The molecule has 0 bridgehead atoms. The first-order chi connectivity index (χ1) is 11.5. The minimum Gasteiger partial charge on any atom is -0.394 e. The number of hydrogen-bond acceptors (Lipinski definition) is 4. The Kier molecular flexibility index (Phi) is 7.65. The molecule has 0 spiro atoms. The van der Waals surface area contributed by atoms with Crippen LogP contribution >= 0.6 is 25.9 Å². The molecule has 3 aromatic rings. The number of nitrogens with one attached hydrogen (secondary N) is 1. The van der Waals surface area contributed by atoms with Gasteiger partial charge in [0.15, 0.2) is 0 Å². The highest BCUT2D eigenvalue weighted by Crippen LogP contribution is 2.26. The number of anilines is 1. The average Bonchev–Trinajstić information content (AvgIpc) is 2.97. The van der Waals surface area contributed by atoms with Gasteiger partial charge in [-0.2, -0.15) is 18.6 Å². The first kappa shape index (κ1) is 22.0. The number of rotatable bonds is 4. The van der Waals surface area contributed by atoms with Crippen molar-refractivity contribution >= 4 is 48.4 Å². The van der Waals surface area contributed by atoms with Crippen LogP contribution in [0.2, 0.25) is 0 Å². The first-order valence-electron chi connectivity index (χ1n) is 7.72. The van der Waals surface area contributed by atoms with Crippen LogP contribution in [0, 0.1) is 13.8 Å². The predicted molar refractivity (Wildman–Crippen MR) is 112 cm³/mol. The van der Waals surface area contributed by atoms with Crippen molar-refractivity contribution in [1.29, 1.82) is 0 Å². The molecule has 6 nitrogen and oxygen atoms in total. The van der Waals surface area contributed by atoms with E-state index in [1.165, 1.54) is 0 Å². The number of aryl methyl sites for hydroxylation is 2. The van der Waals surface area contributed by atoms with Gasteiger partial charge in [-0.1, -0.05) is 12.1 Å². The van der Waals surface area contributed by atoms with E-state index in [0.717, 1.165) is 27.7 Å². The van der Waals surface area contributed by atoms with Crippen LogP contribution in [0.5, 0.6) is 0 Å². The van der Waals surface area contributed by atoms with Crippen LogP contribution in [0.1, 0.15) is 11.1 Å². The molecule has 0 aliphatic rings. The molecule has 8 heteroatoms. The van der Waals surface area contributed by atoms with Crippen molar-refractivity contribution in [3.63, 3.8) is 0 Å². The fourth-order valence-corrected chi connectivity index (χ4v) is 2.60. The lowest BCUT2D eigenvalue weighted by Crippen LogP contribution is -2.38. The molecule has 0 aliphatic carbocycles. The molecule has 1 heterocycles. The predicted octanol–water partition coefficient (Wildman–Crippen LogP) is 2.44. The molecule has 0 unspecified atom stereocenters. The second-order valence-corrected chi connectivity index (χ2v) is 5.90. The third kappa shape index (κ3) is 4.37. The summed E-state index contributed by atoms with van der Waals surface area (Å²) in [6.45, 7) is 3.54. The lowest BCUT2D eigenvalue weighted by atomic mass is 10.1. The van der Waals surface area contributed by atoms with Crippen molar-refractivity contribution in [3.8, 4) is 5.69 Å². The van der Waals surface area contributed by atoms with Gasteiger partial charge in [0.25, 0.3) is 0 Å². The SMILES string of the molecule is Cc1cccc(-n2ncc3cc(C)c(NC(=O)[C@@H](N)CO)cc32)c1.Cl.S. The molecule has 0 radical (unpaired) electrons. The number of halogens is 1. The standard InChI is InChI=1S/C18H20N4O2.ClH.H2S/c1-11-4-3-5-14(6-11)22-17-8-16(21-18(24)15(19)10-23)12(2)7-13(17)9-20-22;;/h3-9,15,23H,10,19H2,1-2H3,(H,21,24);1H;1H2/t15-;;/m0../s1. The van der Waals surface area contributed by atoms with E-state index in [9.17, 15) is 4.79 Å². The molecule has 1 atom stereocenters. The molecule has 2 aromatic carbocycles. The van der Waals surface area contributed by atoms with E-state index in [4.69, 9.17) is 10.8 Å². The number of benzene rings is 2. The minimum atomic E-state index is -0.943. The van der Waals surface area contributed by atoms with Crippen LogP contribution in [0.4, 0.5) is 5.69 Å². The van der Waals surface area contributed by atoms with E-state index in [1.54, 1.807) is 6.20 Å². The molecule has 1 amide bonds. The monoisotopic (exact) mass is 394 g/mol. The fourth-order valence-electron chi connectivity index (χ4n) is 2.60. The van der Waals surface area contributed by atoms with Crippen molar-refractivity contribution in [2.75, 3.05) is 11.9 Å². The van der Waals surface area contributed by atoms with Gasteiger partial charge in [0, 0.05) is 11.1 Å². The highest BCUT2D eigenvalue weighted by Gasteiger charge is 2.15. The minimum absolute atomic E-state index is 0. The van der Waals surface area contributed by atoms with Gasteiger partial charge in [-0.25, -0.2) is 4.68 Å². The summed E-state index contributed by atoms with van der Waals surface area (Å²) in [5, 5.41) is 17.2. The molecular weight excluding hydrogens is 372 g/mol. The van der Waals surface area contributed by atoms with Gasteiger partial charge in [-0.05, 0) is 49.2 Å². The van der Waals surface area contributed by atoms with Crippen molar-refractivity contribution in [2.24, 2.45) is 5.73 Å². The number of hydrogen-bond donors (Lipinski definition) is 3. The number of nitrogens with two attached hydrogens (primary N) is 1. The smallest absolute Gasteiger partial charge is 0.243 e. The molecule has 3 rings (SSSR count). The van der Waals surface area contributed by atoms with Gasteiger partial charge < -0.3 is 16.2 Å². The highest BCUT2D eigenvalue weighted by molar-refractivity contribution is 7.59. The van der Waals surface area contributed by atoms with Crippen molar-refractivity contribution < 1.29 is 9.90 Å². The molecule has 0 saturated heterocycles. The Bertz CT molecular complexity index is 913. The molecule has 0 aliphatic heterocycles. The number of carbonyl (C=O) groups excluding carboxylic acids is 1. The number of aliphatic hydroxyl groups is 1. The Morgan fingerprint density at radius 3 is 2.69 bits per heavy atom. The van der Waals surface area contributed by atoms with E-state index < -0.39 is 18.6 Å². The third-order valence-corrected chi connectivity index (χ3v) is 3.95. The number of fused-ring (bicyclic) bond motifs is 1. The summed E-state index contributed by atoms with van der Waals surface area (Å²) in [6.07, 6.45) is 1.80. The van der Waals surface area contributed by atoms with Gasteiger partial charge in [-0.3, -0.25) is 4.79 Å². The Hall–Kier alpha value is -2.06. The van der Waals surface area contributed by atoms with Gasteiger partial charge >= 0.3 is 0 Å². The second-order valence-electron chi connectivity index (χ2n) is 5.90. The van der Waals surface area contributed by atoms with E-state index >= 15 is 0 Å². The molecular formula is C18H23ClN4O2S. The second kappa shape index (κ2) is 9.05. The summed E-state index contributed by atoms with van der Waals surface area (Å²) in [4.78, 5) is 12.0. The molecule has 4 N–H and O–H groups in total. The summed E-state index contributed by atoms with van der Waals surface area (Å²) < 4.78 is 1.84. The quantitative estimate of drug-likeness (QED) is 0.633. The largest absolute Gasteiger partial charge is 0.394 e. The van der Waals surface area contributed by atoms with Crippen molar-refractivity contribution in [2.45, 2.75) is 19.9 Å². The molecule has 1 aromatic heterocycles. The van der Waals surface area contributed by atoms with Crippen molar-refractivity contribution in [1.82, 2.24) is 9.78 Å². The Balaban J connectivity index is 0.00000169. The molecule has 140 valence electrons. The van der Waals surface area contributed by atoms with E-state index in [-0.39, 0.29) is 25.9 Å². The zero-order valence-electron chi connectivity index (χ0n) is 14.6. The van der Waals surface area contributed by atoms with Gasteiger partial charge in [0.1, 0.15) is 6.04 Å². The number of nitrogens with zero attached hydrogens (tertiary/aromatic N) is 2. The fraction of sp³-hybridized carbons (Fsp3) is 0.222. The topological polar surface area (TPSA) is 93.2 Å². The number of carbonyl (C=O) groups is 1. The maximum Gasteiger partial charge on any atom is 0.243 e. The van der Waals surface area contributed by atoms with Crippen LogP contribution in [0.3, 0.4) is 0 Å². The normalized spacial score (nSPS) is 11.4. The van der Waals surface area contributed by atoms with E-state index in [2.05, 4.69) is 10.4 Å². The van der Waals surface area contributed by atoms with Gasteiger partial charge in [0.2, 0.25) is 5.91 Å². The summed E-state index contributed by atoms with van der Waals surface area (Å²) in [5.74, 6) is -0.415.